The van der Waals surface area contributed by atoms with Crippen LogP contribution in [-0.2, 0) is 9.53 Å². The van der Waals surface area contributed by atoms with Crippen LogP contribution in [0, 0.1) is 12.8 Å². The number of nitrogens with one attached hydrogen (secondary N) is 1. The number of carbonyl (C=O) groups excluding carboxylic acids is 1. The molecule has 0 unspecified atom stereocenters. The molecule has 1 aliphatic heterocycles. The summed E-state index contributed by atoms with van der Waals surface area (Å²) in [7, 11) is 0. The monoisotopic (exact) mass is 421 g/mol. The summed E-state index contributed by atoms with van der Waals surface area (Å²) in [6, 6.07) is 6.66. The first-order valence-electron chi connectivity index (χ1n) is 11.1. The van der Waals surface area contributed by atoms with Crippen molar-refractivity contribution >= 4 is 23.2 Å². The predicted octanol–water partition coefficient (Wildman–Crippen LogP) is 3.87. The molecule has 1 saturated heterocycles. The number of halogens is 1. The Kier molecular flexibility index (Phi) is 8.64. The molecule has 1 aromatic carbocycles. The molecule has 29 heavy (non-hydrogen) atoms. The van der Waals surface area contributed by atoms with Gasteiger partial charge in [-0.3, -0.25) is 9.69 Å². The lowest BCUT2D eigenvalue weighted by Gasteiger charge is -2.37. The van der Waals surface area contributed by atoms with Gasteiger partial charge in [0.1, 0.15) is 6.61 Å². The molecule has 1 heterocycles. The van der Waals surface area contributed by atoms with Gasteiger partial charge in [-0.2, -0.15) is 0 Å². The summed E-state index contributed by atoms with van der Waals surface area (Å²) in [6.07, 6.45) is 5.92. The summed E-state index contributed by atoms with van der Waals surface area (Å²) in [5.74, 6) is 0.826. The molecule has 2 aliphatic rings. The van der Waals surface area contributed by atoms with Crippen LogP contribution in [0.3, 0.4) is 0 Å². The van der Waals surface area contributed by atoms with Gasteiger partial charge < -0.3 is 15.0 Å². The van der Waals surface area contributed by atoms with Gasteiger partial charge in [0.15, 0.2) is 0 Å². The number of amides is 1. The van der Waals surface area contributed by atoms with Gasteiger partial charge in [0.2, 0.25) is 5.91 Å². The van der Waals surface area contributed by atoms with E-state index >= 15 is 0 Å². The lowest BCUT2D eigenvalue weighted by atomic mass is 9.84. The van der Waals surface area contributed by atoms with Crippen molar-refractivity contribution in [3.8, 4) is 0 Å². The van der Waals surface area contributed by atoms with Crippen LogP contribution in [0.2, 0.25) is 5.02 Å². The molecule has 1 aromatic rings. The standard InChI is InChI=1S/C23H36ClN3O2/c1-3-29-17-23(28)25-21-6-4-19(5-7-21)8-9-26-10-12-27(13-11-26)22-15-18(2)14-20(24)16-22/h14-16,19,21H,3-13,17H2,1-2H3,(H,25,28). The second kappa shape index (κ2) is 11.2. The summed E-state index contributed by atoms with van der Waals surface area (Å²) in [4.78, 5) is 16.8. The third-order valence-electron chi connectivity index (χ3n) is 6.27. The largest absolute Gasteiger partial charge is 0.372 e. The minimum atomic E-state index is 0.0306. The topological polar surface area (TPSA) is 44.8 Å². The fraction of sp³-hybridized carbons (Fsp3) is 0.696. The molecule has 3 rings (SSSR count). The van der Waals surface area contributed by atoms with Crippen molar-refractivity contribution in [2.45, 2.75) is 52.0 Å². The molecular weight excluding hydrogens is 386 g/mol. The highest BCUT2D eigenvalue weighted by Gasteiger charge is 2.24. The van der Waals surface area contributed by atoms with Gasteiger partial charge in [0.25, 0.3) is 0 Å². The van der Waals surface area contributed by atoms with Gasteiger partial charge in [-0.25, -0.2) is 0 Å². The highest BCUT2D eigenvalue weighted by molar-refractivity contribution is 6.30. The number of anilines is 1. The fourth-order valence-corrected chi connectivity index (χ4v) is 4.84. The second-order valence-corrected chi connectivity index (χ2v) is 8.96. The van der Waals surface area contributed by atoms with Crippen LogP contribution < -0.4 is 10.2 Å². The van der Waals surface area contributed by atoms with E-state index in [2.05, 4.69) is 34.2 Å². The molecule has 0 spiro atoms. The van der Waals surface area contributed by atoms with Crippen molar-refractivity contribution in [1.82, 2.24) is 10.2 Å². The smallest absolute Gasteiger partial charge is 0.246 e. The van der Waals surface area contributed by atoms with E-state index in [1.165, 1.54) is 37.1 Å². The van der Waals surface area contributed by atoms with E-state index in [0.29, 0.717) is 12.6 Å². The van der Waals surface area contributed by atoms with Crippen LogP contribution in [0.1, 0.15) is 44.6 Å². The summed E-state index contributed by atoms with van der Waals surface area (Å²) < 4.78 is 5.18. The lowest BCUT2D eigenvalue weighted by molar-refractivity contribution is -0.126. The van der Waals surface area contributed by atoms with E-state index in [1.54, 1.807) is 0 Å². The maximum atomic E-state index is 11.8. The van der Waals surface area contributed by atoms with Crippen LogP contribution in [0.15, 0.2) is 18.2 Å². The van der Waals surface area contributed by atoms with Crippen molar-refractivity contribution in [3.05, 3.63) is 28.8 Å². The Hall–Kier alpha value is -1.30. The van der Waals surface area contributed by atoms with Crippen molar-refractivity contribution in [2.75, 3.05) is 50.8 Å². The number of ether oxygens (including phenoxy) is 1. The maximum Gasteiger partial charge on any atom is 0.246 e. The summed E-state index contributed by atoms with van der Waals surface area (Å²) in [5.41, 5.74) is 2.47. The van der Waals surface area contributed by atoms with Gasteiger partial charge in [-0.15, -0.1) is 0 Å². The molecule has 1 saturated carbocycles. The molecule has 1 aliphatic carbocycles. The van der Waals surface area contributed by atoms with Gasteiger partial charge in [0, 0.05) is 49.5 Å². The molecule has 5 nitrogen and oxygen atoms in total. The first-order valence-corrected chi connectivity index (χ1v) is 11.5. The molecule has 0 aromatic heterocycles. The van der Waals surface area contributed by atoms with Gasteiger partial charge >= 0.3 is 0 Å². The van der Waals surface area contributed by atoms with E-state index < -0.39 is 0 Å². The molecular formula is C23H36ClN3O2. The Balaban J connectivity index is 1.32. The average Bonchev–Trinajstić information content (AvgIpc) is 2.71. The zero-order chi connectivity index (χ0) is 20.6. The number of benzene rings is 1. The third kappa shape index (κ3) is 7.16. The quantitative estimate of drug-likeness (QED) is 0.692. The minimum absolute atomic E-state index is 0.0306. The zero-order valence-electron chi connectivity index (χ0n) is 18.0. The number of hydrogen-bond donors (Lipinski definition) is 1. The Morgan fingerprint density at radius 3 is 2.52 bits per heavy atom. The van der Waals surface area contributed by atoms with Gasteiger partial charge in [-0.1, -0.05) is 11.6 Å². The SMILES string of the molecule is CCOCC(=O)NC1CCC(CCN2CCN(c3cc(C)cc(Cl)c3)CC2)CC1. The molecule has 0 atom stereocenters. The van der Waals surface area contributed by atoms with Crippen molar-refractivity contribution in [2.24, 2.45) is 5.92 Å². The van der Waals surface area contributed by atoms with Crippen LogP contribution in [-0.4, -0.2) is 62.8 Å². The van der Waals surface area contributed by atoms with Crippen LogP contribution >= 0.6 is 11.6 Å². The third-order valence-corrected chi connectivity index (χ3v) is 6.49. The van der Waals surface area contributed by atoms with Gasteiger partial charge in [0.05, 0.1) is 0 Å². The first kappa shape index (κ1) is 22.4. The molecule has 0 radical (unpaired) electrons. The number of aryl methyl sites for hydroxylation is 1. The Morgan fingerprint density at radius 2 is 1.86 bits per heavy atom. The summed E-state index contributed by atoms with van der Waals surface area (Å²) in [5, 5.41) is 3.94. The molecule has 0 bridgehead atoms. The second-order valence-electron chi connectivity index (χ2n) is 8.53. The van der Waals surface area contributed by atoms with Gasteiger partial charge in [-0.05, 0) is 82.2 Å². The van der Waals surface area contributed by atoms with E-state index in [0.717, 1.165) is 50.0 Å². The number of hydrogen-bond acceptors (Lipinski definition) is 4. The zero-order valence-corrected chi connectivity index (χ0v) is 18.7. The predicted molar refractivity (Wildman–Crippen MR) is 120 cm³/mol. The Morgan fingerprint density at radius 1 is 1.14 bits per heavy atom. The maximum absolute atomic E-state index is 11.8. The van der Waals surface area contributed by atoms with E-state index in [1.807, 2.05) is 13.0 Å². The molecule has 2 fully saturated rings. The molecule has 6 heteroatoms. The Labute approximate surface area is 180 Å². The first-order chi connectivity index (χ1) is 14.0. The lowest BCUT2D eigenvalue weighted by Crippen LogP contribution is -2.47. The highest BCUT2D eigenvalue weighted by atomic mass is 35.5. The van der Waals surface area contributed by atoms with E-state index in [4.69, 9.17) is 16.3 Å². The van der Waals surface area contributed by atoms with Crippen LogP contribution in [0.4, 0.5) is 5.69 Å². The average molecular weight is 422 g/mol. The number of carbonyl (C=O) groups is 1. The normalized spacial score (nSPS) is 23.2. The molecule has 1 N–H and O–H groups in total. The number of nitrogens with zero attached hydrogens (tertiary/aromatic N) is 2. The summed E-state index contributed by atoms with van der Waals surface area (Å²) >= 11 is 6.23. The van der Waals surface area contributed by atoms with Crippen molar-refractivity contribution in [3.63, 3.8) is 0 Å². The number of piperazine rings is 1. The van der Waals surface area contributed by atoms with Crippen molar-refractivity contribution in [1.29, 1.82) is 0 Å². The molecule has 1 amide bonds. The highest BCUT2D eigenvalue weighted by Crippen LogP contribution is 2.28. The fourth-order valence-electron chi connectivity index (χ4n) is 4.55. The minimum Gasteiger partial charge on any atom is -0.372 e. The number of rotatable bonds is 8. The van der Waals surface area contributed by atoms with Crippen LogP contribution in [0.5, 0.6) is 0 Å². The van der Waals surface area contributed by atoms with Crippen molar-refractivity contribution < 1.29 is 9.53 Å². The summed E-state index contributed by atoms with van der Waals surface area (Å²) in [6.45, 7) is 10.4. The Bertz CT molecular complexity index is 633. The van der Waals surface area contributed by atoms with E-state index in [-0.39, 0.29) is 12.5 Å². The van der Waals surface area contributed by atoms with E-state index in [9.17, 15) is 4.79 Å². The van der Waals surface area contributed by atoms with Crippen LogP contribution in [0.25, 0.3) is 0 Å². The molecule has 162 valence electrons.